The number of thioether (sulfide) groups is 1. The molecule has 1 aliphatic carbocycles. The Bertz CT molecular complexity index is 1050. The molecule has 1 saturated carbocycles. The Kier molecular flexibility index (Phi) is 5.84. The number of carbonyl (C=O) groups is 1. The molecule has 0 unspecified atom stereocenters. The zero-order chi connectivity index (χ0) is 20.4. The molecule has 1 aliphatic rings. The normalized spacial score (nSPS) is 13.4. The van der Waals surface area contributed by atoms with E-state index in [1.807, 2.05) is 11.4 Å². The van der Waals surface area contributed by atoms with Crippen molar-refractivity contribution in [2.45, 2.75) is 30.5 Å². The molecule has 3 aromatic rings. The van der Waals surface area contributed by atoms with Crippen molar-refractivity contribution in [3.63, 3.8) is 0 Å². The summed E-state index contributed by atoms with van der Waals surface area (Å²) in [7, 11) is 0. The number of hydrogen-bond acceptors (Lipinski definition) is 7. The van der Waals surface area contributed by atoms with Gasteiger partial charge in [-0.15, -0.1) is 21.5 Å². The van der Waals surface area contributed by atoms with E-state index in [1.54, 1.807) is 11.3 Å². The molecular formula is C18H16ClN5O3S2. The summed E-state index contributed by atoms with van der Waals surface area (Å²) in [4.78, 5) is 23.8. The maximum atomic E-state index is 12.3. The van der Waals surface area contributed by atoms with Gasteiger partial charge in [-0.25, -0.2) is 0 Å². The SMILES string of the molecule is O=C(CSc1nnc(Cc2cccs2)n1C1CC1)Nc1ccc([N+](=O)[O-])cc1Cl. The van der Waals surface area contributed by atoms with E-state index < -0.39 is 4.92 Å². The summed E-state index contributed by atoms with van der Waals surface area (Å²) in [6.07, 6.45) is 2.91. The van der Waals surface area contributed by atoms with Gasteiger partial charge in [-0.3, -0.25) is 14.9 Å². The first-order valence-electron chi connectivity index (χ1n) is 8.84. The predicted molar refractivity (Wildman–Crippen MR) is 113 cm³/mol. The molecule has 0 radical (unpaired) electrons. The number of thiophene rings is 1. The number of nitrogens with one attached hydrogen (secondary N) is 1. The van der Waals surface area contributed by atoms with Crippen LogP contribution in [0.2, 0.25) is 5.02 Å². The number of anilines is 1. The van der Waals surface area contributed by atoms with Crippen molar-refractivity contribution < 1.29 is 9.72 Å². The van der Waals surface area contributed by atoms with Gasteiger partial charge >= 0.3 is 0 Å². The molecule has 1 amide bonds. The zero-order valence-corrected chi connectivity index (χ0v) is 17.5. The van der Waals surface area contributed by atoms with Gasteiger partial charge in [-0.1, -0.05) is 29.4 Å². The average molecular weight is 450 g/mol. The molecule has 0 atom stereocenters. The smallest absolute Gasteiger partial charge is 0.271 e. The fourth-order valence-electron chi connectivity index (χ4n) is 2.83. The molecule has 8 nitrogen and oxygen atoms in total. The summed E-state index contributed by atoms with van der Waals surface area (Å²) in [5.74, 6) is 0.782. The lowest BCUT2D eigenvalue weighted by Crippen LogP contribution is -2.15. The van der Waals surface area contributed by atoms with Crippen LogP contribution < -0.4 is 5.32 Å². The number of benzene rings is 1. The standard InChI is InChI=1S/C18H16ClN5O3S2/c19-14-8-12(24(26)27)5-6-15(14)20-17(25)10-29-18-22-21-16(23(18)11-3-4-11)9-13-2-1-7-28-13/h1-2,5-8,11H,3-4,9-10H2,(H,20,25). The van der Waals surface area contributed by atoms with Gasteiger partial charge in [0, 0.05) is 29.5 Å². The molecule has 4 rings (SSSR count). The molecule has 0 bridgehead atoms. The molecule has 29 heavy (non-hydrogen) atoms. The van der Waals surface area contributed by atoms with E-state index in [0.717, 1.165) is 30.2 Å². The first kappa shape index (κ1) is 19.9. The summed E-state index contributed by atoms with van der Waals surface area (Å²) < 4.78 is 2.14. The number of nitro groups is 1. The van der Waals surface area contributed by atoms with Crippen LogP contribution in [0.4, 0.5) is 11.4 Å². The molecule has 1 N–H and O–H groups in total. The van der Waals surface area contributed by atoms with E-state index in [4.69, 9.17) is 11.6 Å². The van der Waals surface area contributed by atoms with Gasteiger partial charge in [0.15, 0.2) is 5.16 Å². The van der Waals surface area contributed by atoms with E-state index in [2.05, 4.69) is 26.1 Å². The van der Waals surface area contributed by atoms with Gasteiger partial charge < -0.3 is 9.88 Å². The average Bonchev–Trinajstić information content (AvgIpc) is 3.24. The second-order valence-electron chi connectivity index (χ2n) is 6.51. The van der Waals surface area contributed by atoms with Gasteiger partial charge in [-0.2, -0.15) is 0 Å². The van der Waals surface area contributed by atoms with E-state index >= 15 is 0 Å². The lowest BCUT2D eigenvalue weighted by Gasteiger charge is -2.09. The van der Waals surface area contributed by atoms with Crippen molar-refractivity contribution in [2.75, 3.05) is 11.1 Å². The summed E-state index contributed by atoms with van der Waals surface area (Å²) in [6.45, 7) is 0. The Morgan fingerprint density at radius 2 is 2.21 bits per heavy atom. The third kappa shape index (κ3) is 4.77. The minimum absolute atomic E-state index is 0.122. The Morgan fingerprint density at radius 1 is 1.38 bits per heavy atom. The number of rotatable bonds is 8. The highest BCUT2D eigenvalue weighted by Gasteiger charge is 2.30. The van der Waals surface area contributed by atoms with Crippen molar-refractivity contribution in [2.24, 2.45) is 0 Å². The number of amides is 1. The van der Waals surface area contributed by atoms with Gasteiger partial charge in [0.05, 0.1) is 21.4 Å². The van der Waals surface area contributed by atoms with Crippen LogP contribution in [0.5, 0.6) is 0 Å². The van der Waals surface area contributed by atoms with E-state index in [9.17, 15) is 14.9 Å². The molecule has 1 aromatic carbocycles. The molecule has 0 spiro atoms. The first-order valence-corrected chi connectivity index (χ1v) is 11.1. The second kappa shape index (κ2) is 8.52. The van der Waals surface area contributed by atoms with Crippen LogP contribution in [0.25, 0.3) is 0 Å². The van der Waals surface area contributed by atoms with Crippen LogP contribution in [-0.4, -0.2) is 31.3 Å². The molecule has 0 saturated heterocycles. The molecule has 0 aliphatic heterocycles. The highest BCUT2D eigenvalue weighted by atomic mass is 35.5. The van der Waals surface area contributed by atoms with Crippen molar-refractivity contribution in [1.29, 1.82) is 0 Å². The lowest BCUT2D eigenvalue weighted by molar-refractivity contribution is -0.384. The van der Waals surface area contributed by atoms with Gasteiger partial charge in [0.25, 0.3) is 5.69 Å². The monoisotopic (exact) mass is 449 g/mol. The second-order valence-corrected chi connectivity index (χ2v) is 8.90. The maximum absolute atomic E-state index is 12.3. The van der Waals surface area contributed by atoms with E-state index in [0.29, 0.717) is 11.7 Å². The Morgan fingerprint density at radius 3 is 2.86 bits per heavy atom. The zero-order valence-electron chi connectivity index (χ0n) is 15.1. The van der Waals surface area contributed by atoms with Gasteiger partial charge in [0.1, 0.15) is 5.82 Å². The first-order chi connectivity index (χ1) is 14.0. The summed E-state index contributed by atoms with van der Waals surface area (Å²) in [6, 6.07) is 8.43. The Labute approximate surface area is 179 Å². The van der Waals surface area contributed by atoms with E-state index in [1.165, 1.54) is 34.8 Å². The van der Waals surface area contributed by atoms with Gasteiger partial charge in [0.2, 0.25) is 5.91 Å². The van der Waals surface area contributed by atoms with Crippen LogP contribution in [0.1, 0.15) is 29.6 Å². The molecule has 2 heterocycles. The number of nitrogens with zero attached hydrogens (tertiary/aromatic N) is 4. The Balaban J connectivity index is 1.40. The van der Waals surface area contributed by atoms with E-state index in [-0.39, 0.29) is 22.4 Å². The van der Waals surface area contributed by atoms with Crippen LogP contribution in [0, 0.1) is 10.1 Å². The third-order valence-electron chi connectivity index (χ3n) is 4.33. The topological polar surface area (TPSA) is 103 Å². The molecule has 11 heteroatoms. The van der Waals surface area contributed by atoms with Crippen LogP contribution in [0.3, 0.4) is 0 Å². The van der Waals surface area contributed by atoms with Crippen molar-refractivity contribution in [3.8, 4) is 0 Å². The molecule has 150 valence electrons. The number of carbonyl (C=O) groups excluding carboxylic acids is 1. The van der Waals surface area contributed by atoms with Crippen molar-refractivity contribution in [3.05, 3.63) is 61.6 Å². The molecular weight excluding hydrogens is 434 g/mol. The molecule has 2 aromatic heterocycles. The number of nitro benzene ring substituents is 1. The quantitative estimate of drug-likeness (QED) is 0.307. The van der Waals surface area contributed by atoms with Crippen LogP contribution >= 0.6 is 34.7 Å². The van der Waals surface area contributed by atoms with Crippen LogP contribution in [-0.2, 0) is 11.2 Å². The van der Waals surface area contributed by atoms with Crippen molar-refractivity contribution >= 4 is 52.0 Å². The summed E-state index contributed by atoms with van der Waals surface area (Å²) in [5, 5.41) is 25.0. The Hall–Kier alpha value is -2.43. The molecule has 1 fully saturated rings. The highest BCUT2D eigenvalue weighted by molar-refractivity contribution is 7.99. The minimum atomic E-state index is -0.536. The lowest BCUT2D eigenvalue weighted by atomic mass is 10.3. The number of halogens is 1. The third-order valence-corrected chi connectivity index (χ3v) is 6.46. The number of non-ortho nitro benzene ring substituents is 1. The van der Waals surface area contributed by atoms with Gasteiger partial charge in [-0.05, 0) is 30.4 Å². The number of hydrogen-bond donors (Lipinski definition) is 1. The van der Waals surface area contributed by atoms with Crippen LogP contribution in [0.15, 0.2) is 40.9 Å². The van der Waals surface area contributed by atoms with Crippen molar-refractivity contribution in [1.82, 2.24) is 14.8 Å². The maximum Gasteiger partial charge on any atom is 0.271 e. The fourth-order valence-corrected chi connectivity index (χ4v) is 4.58. The fraction of sp³-hybridized carbons (Fsp3) is 0.278. The largest absolute Gasteiger partial charge is 0.324 e. The number of aromatic nitrogens is 3. The predicted octanol–water partition coefficient (Wildman–Crippen LogP) is 4.56. The highest BCUT2D eigenvalue weighted by Crippen LogP contribution is 2.39. The summed E-state index contributed by atoms with van der Waals surface area (Å²) in [5.41, 5.74) is 0.211. The minimum Gasteiger partial charge on any atom is -0.324 e. The summed E-state index contributed by atoms with van der Waals surface area (Å²) >= 11 is 9.03.